The van der Waals surface area contributed by atoms with Crippen molar-refractivity contribution < 1.29 is 4.74 Å². The summed E-state index contributed by atoms with van der Waals surface area (Å²) in [6.45, 7) is 3.10. The van der Waals surface area contributed by atoms with Gasteiger partial charge in [0.05, 0.1) is 29.5 Å². The molecule has 0 aliphatic heterocycles. The van der Waals surface area contributed by atoms with E-state index in [0.29, 0.717) is 59.2 Å². The van der Waals surface area contributed by atoms with Gasteiger partial charge in [-0.2, -0.15) is 9.97 Å². The van der Waals surface area contributed by atoms with E-state index >= 15 is 0 Å². The third kappa shape index (κ3) is 4.21. The first kappa shape index (κ1) is 22.0. The maximum absolute atomic E-state index is 13.8. The SMILES string of the molecule is Cc1cccc2nc(CCNc3nc(N)nc4nc[nH]c34)n(-c3cccc(OCC4CC4)c3)c(=O)c12. The highest BCUT2D eigenvalue weighted by atomic mass is 16.5. The number of nitrogens with two attached hydrogens (primary N) is 1. The number of fused-ring (bicyclic) bond motifs is 2. The third-order valence-corrected chi connectivity index (χ3v) is 6.38. The van der Waals surface area contributed by atoms with Crippen molar-refractivity contribution in [1.82, 2.24) is 29.5 Å². The van der Waals surface area contributed by atoms with Gasteiger partial charge in [-0.15, -0.1) is 0 Å². The van der Waals surface area contributed by atoms with Gasteiger partial charge in [0.2, 0.25) is 5.95 Å². The number of nitrogen functional groups attached to an aromatic ring is 1. The number of aromatic amines is 1. The lowest BCUT2D eigenvalue weighted by Gasteiger charge is -2.16. The first-order valence-corrected chi connectivity index (χ1v) is 12.0. The van der Waals surface area contributed by atoms with Crippen LogP contribution >= 0.6 is 0 Å². The van der Waals surface area contributed by atoms with E-state index in [1.807, 2.05) is 49.4 Å². The zero-order chi connectivity index (χ0) is 24.6. The average Bonchev–Trinajstić information content (AvgIpc) is 3.58. The second-order valence-corrected chi connectivity index (χ2v) is 9.10. The van der Waals surface area contributed by atoms with Crippen molar-refractivity contribution in [2.75, 3.05) is 24.2 Å². The normalized spacial score (nSPS) is 13.4. The molecule has 0 saturated heterocycles. The molecule has 182 valence electrons. The standard InChI is InChI=1S/C26H26N8O2/c1-15-4-2-7-19-21(15)25(35)34(17-5-3-6-18(12-17)36-13-16-8-9-16)20(31-19)10-11-28-23-22-24(30-14-29-22)33-26(27)32-23/h2-7,12,14,16H,8-11,13H2,1H3,(H4,27,28,29,30,32,33). The number of nitrogens with one attached hydrogen (secondary N) is 2. The average molecular weight is 483 g/mol. The zero-order valence-corrected chi connectivity index (χ0v) is 19.9. The Morgan fingerprint density at radius 2 is 2.03 bits per heavy atom. The molecule has 0 radical (unpaired) electrons. The van der Waals surface area contributed by atoms with Gasteiger partial charge in [0.15, 0.2) is 11.5 Å². The number of H-pyrrole nitrogens is 1. The fourth-order valence-electron chi connectivity index (χ4n) is 4.36. The Morgan fingerprint density at radius 3 is 2.89 bits per heavy atom. The molecule has 10 nitrogen and oxygen atoms in total. The second-order valence-electron chi connectivity index (χ2n) is 9.10. The van der Waals surface area contributed by atoms with Crippen molar-refractivity contribution in [1.29, 1.82) is 0 Å². The van der Waals surface area contributed by atoms with Crippen LogP contribution in [0.5, 0.6) is 5.75 Å². The molecule has 36 heavy (non-hydrogen) atoms. The fraction of sp³-hybridized carbons (Fsp3) is 0.269. The van der Waals surface area contributed by atoms with Gasteiger partial charge in [-0.05, 0) is 49.4 Å². The minimum Gasteiger partial charge on any atom is -0.493 e. The summed E-state index contributed by atoms with van der Waals surface area (Å²) in [7, 11) is 0. The number of hydrogen-bond acceptors (Lipinski definition) is 8. The molecule has 10 heteroatoms. The Balaban J connectivity index is 1.36. The van der Waals surface area contributed by atoms with Crippen LogP contribution < -0.4 is 21.3 Å². The van der Waals surface area contributed by atoms with E-state index in [9.17, 15) is 4.79 Å². The maximum Gasteiger partial charge on any atom is 0.266 e. The van der Waals surface area contributed by atoms with Gasteiger partial charge in [-0.1, -0.05) is 18.2 Å². The Labute approximate surface area is 206 Å². The first-order valence-electron chi connectivity index (χ1n) is 12.0. The van der Waals surface area contributed by atoms with Gasteiger partial charge in [0, 0.05) is 19.0 Å². The second kappa shape index (κ2) is 8.95. The Bertz CT molecular complexity index is 1640. The van der Waals surface area contributed by atoms with E-state index < -0.39 is 0 Å². The van der Waals surface area contributed by atoms with Crippen molar-refractivity contribution >= 4 is 33.8 Å². The largest absolute Gasteiger partial charge is 0.493 e. The highest BCUT2D eigenvalue weighted by molar-refractivity contribution is 5.83. The number of rotatable bonds is 8. The number of benzene rings is 2. The predicted octanol–water partition coefficient (Wildman–Crippen LogP) is 3.39. The summed E-state index contributed by atoms with van der Waals surface area (Å²) in [5, 5.41) is 3.90. The number of aryl methyl sites for hydroxylation is 1. The molecule has 3 heterocycles. The number of aromatic nitrogens is 6. The fourth-order valence-corrected chi connectivity index (χ4v) is 4.36. The van der Waals surface area contributed by atoms with Crippen molar-refractivity contribution in [2.24, 2.45) is 5.92 Å². The molecule has 0 unspecified atom stereocenters. The Morgan fingerprint density at radius 1 is 1.17 bits per heavy atom. The van der Waals surface area contributed by atoms with Crippen LogP contribution in [0.25, 0.3) is 27.8 Å². The number of imidazole rings is 1. The molecular weight excluding hydrogens is 456 g/mol. The highest BCUT2D eigenvalue weighted by Gasteiger charge is 2.22. The zero-order valence-electron chi connectivity index (χ0n) is 19.9. The molecule has 5 aromatic rings. The van der Waals surface area contributed by atoms with Crippen molar-refractivity contribution in [3.05, 3.63) is 70.5 Å². The van der Waals surface area contributed by atoms with Crippen LogP contribution in [-0.4, -0.2) is 42.6 Å². The smallest absolute Gasteiger partial charge is 0.266 e. The molecule has 0 spiro atoms. The van der Waals surface area contributed by atoms with Crippen LogP contribution in [0.2, 0.25) is 0 Å². The molecule has 1 saturated carbocycles. The van der Waals surface area contributed by atoms with Crippen LogP contribution in [0.1, 0.15) is 24.2 Å². The number of nitrogens with zero attached hydrogens (tertiary/aromatic N) is 5. The van der Waals surface area contributed by atoms with E-state index in [2.05, 4.69) is 25.3 Å². The number of hydrogen-bond donors (Lipinski definition) is 3. The van der Waals surface area contributed by atoms with Gasteiger partial charge in [0.1, 0.15) is 17.1 Å². The van der Waals surface area contributed by atoms with Crippen LogP contribution in [0.4, 0.5) is 11.8 Å². The molecule has 1 aliphatic carbocycles. The molecule has 4 N–H and O–H groups in total. The quantitative estimate of drug-likeness (QED) is 0.306. The first-order chi connectivity index (χ1) is 17.6. The number of anilines is 2. The lowest BCUT2D eigenvalue weighted by atomic mass is 10.1. The van der Waals surface area contributed by atoms with E-state index in [-0.39, 0.29) is 11.5 Å². The van der Waals surface area contributed by atoms with Gasteiger partial charge < -0.3 is 20.8 Å². The maximum atomic E-state index is 13.8. The molecule has 0 bridgehead atoms. The summed E-state index contributed by atoms with van der Waals surface area (Å²) in [4.78, 5) is 34.3. The van der Waals surface area contributed by atoms with Gasteiger partial charge in [-0.25, -0.2) is 9.97 Å². The lowest BCUT2D eigenvalue weighted by Crippen LogP contribution is -2.26. The van der Waals surface area contributed by atoms with E-state index in [1.165, 1.54) is 12.8 Å². The Kier molecular flexibility index (Phi) is 5.48. The van der Waals surface area contributed by atoms with Crippen molar-refractivity contribution in [3.63, 3.8) is 0 Å². The third-order valence-electron chi connectivity index (χ3n) is 6.38. The van der Waals surface area contributed by atoms with Crippen LogP contribution in [0.15, 0.2) is 53.6 Å². The molecule has 1 aliphatic rings. The molecule has 0 amide bonds. The van der Waals surface area contributed by atoms with Gasteiger partial charge >= 0.3 is 0 Å². The van der Waals surface area contributed by atoms with Crippen molar-refractivity contribution in [3.8, 4) is 11.4 Å². The minimum atomic E-state index is -0.102. The summed E-state index contributed by atoms with van der Waals surface area (Å²) >= 11 is 0. The van der Waals surface area contributed by atoms with Crippen LogP contribution in [0.3, 0.4) is 0 Å². The monoisotopic (exact) mass is 482 g/mol. The number of ether oxygens (including phenoxy) is 1. The van der Waals surface area contributed by atoms with E-state index in [4.69, 9.17) is 15.5 Å². The summed E-state index contributed by atoms with van der Waals surface area (Å²) in [6.07, 6.45) is 4.44. The summed E-state index contributed by atoms with van der Waals surface area (Å²) < 4.78 is 7.66. The molecular formula is C26H26N8O2. The lowest BCUT2D eigenvalue weighted by molar-refractivity contribution is 0.299. The summed E-state index contributed by atoms with van der Waals surface area (Å²) in [5.74, 6) is 2.71. The molecule has 3 aromatic heterocycles. The van der Waals surface area contributed by atoms with E-state index in [1.54, 1.807) is 10.9 Å². The molecule has 0 atom stereocenters. The van der Waals surface area contributed by atoms with Gasteiger partial charge in [0.25, 0.3) is 5.56 Å². The molecule has 6 rings (SSSR count). The predicted molar refractivity (Wildman–Crippen MR) is 139 cm³/mol. The summed E-state index contributed by atoms with van der Waals surface area (Å²) in [5.41, 5.74) is 9.19. The molecule has 2 aromatic carbocycles. The Hall–Kier alpha value is -4.47. The van der Waals surface area contributed by atoms with Crippen LogP contribution in [-0.2, 0) is 6.42 Å². The minimum absolute atomic E-state index is 0.102. The van der Waals surface area contributed by atoms with Crippen molar-refractivity contribution in [2.45, 2.75) is 26.2 Å². The van der Waals surface area contributed by atoms with Gasteiger partial charge in [-0.3, -0.25) is 9.36 Å². The topological polar surface area (TPSA) is 137 Å². The molecule has 1 fully saturated rings. The summed E-state index contributed by atoms with van der Waals surface area (Å²) in [6, 6.07) is 13.4. The van der Waals surface area contributed by atoms with E-state index in [0.717, 1.165) is 17.0 Å². The highest BCUT2D eigenvalue weighted by Crippen LogP contribution is 2.30. The van der Waals surface area contributed by atoms with Crippen LogP contribution in [0, 0.1) is 12.8 Å².